The number of carbonyl (C=O) groups excluding carboxylic acids is 4. The molecule has 11 heteroatoms. The Morgan fingerprint density at radius 3 is 2.43 bits per heavy atom. The number of Topliss-reactive ketones (excluding diaryl/α,β-unsaturated/α-hetero) is 1. The highest BCUT2D eigenvalue weighted by atomic mass is 16.6. The highest BCUT2D eigenvalue weighted by Crippen LogP contribution is 2.33. The van der Waals surface area contributed by atoms with Crippen molar-refractivity contribution in [3.8, 4) is 0 Å². The molecule has 1 aromatic heterocycles. The molecule has 3 aliphatic rings. The summed E-state index contributed by atoms with van der Waals surface area (Å²) in [4.78, 5) is 55.0. The van der Waals surface area contributed by atoms with Crippen LogP contribution < -0.4 is 16.0 Å². The van der Waals surface area contributed by atoms with Gasteiger partial charge in [0.2, 0.25) is 17.7 Å². The molecule has 3 amide bonds. The molecule has 3 fully saturated rings. The van der Waals surface area contributed by atoms with Crippen molar-refractivity contribution in [2.75, 3.05) is 39.5 Å². The molecule has 3 heterocycles. The third kappa shape index (κ3) is 7.76. The number of furan rings is 1. The maximum Gasteiger partial charge on any atom is 0.243 e. The van der Waals surface area contributed by atoms with Gasteiger partial charge in [0, 0.05) is 24.9 Å². The normalized spacial score (nSPS) is 23.2. The molecule has 4 atom stereocenters. The minimum absolute atomic E-state index is 0.128. The Kier molecular flexibility index (Phi) is 9.60. The zero-order valence-electron chi connectivity index (χ0n) is 24.5. The van der Waals surface area contributed by atoms with E-state index in [1.165, 1.54) is 0 Å². The number of hydrogen-bond donors (Lipinski definition) is 3. The highest BCUT2D eigenvalue weighted by molar-refractivity contribution is 5.98. The molecule has 11 nitrogen and oxygen atoms in total. The molecule has 2 aliphatic heterocycles. The molecule has 0 radical (unpaired) electrons. The zero-order chi connectivity index (χ0) is 29.7. The number of fused-ring (bicyclic) bond motifs is 1. The van der Waals surface area contributed by atoms with E-state index in [0.29, 0.717) is 45.2 Å². The fraction of sp³-hybridized carbons (Fsp3) is 0.613. The third-order valence-corrected chi connectivity index (χ3v) is 8.61. The zero-order valence-corrected chi connectivity index (χ0v) is 24.5. The topological polar surface area (TPSA) is 143 Å². The first-order valence-corrected chi connectivity index (χ1v) is 15.0. The standard InChI is InChI=1S/C31H42N4O7/c1-20(32-27(36)18-35-10-13-40-14-11-35)29(38)34-25(17-22-7-8-26-23(15-22)9-12-41-26)30(39)33-24(16-21-5-3-4-6-21)28(37)31(2)19-42-31/h7-9,12,15,20-21,24-25H,3-6,10-11,13-14,16-19H2,1-2H3,(H,32,36)(H,33,39)(H,34,38). The Balaban J connectivity index is 1.28. The van der Waals surface area contributed by atoms with Crippen molar-refractivity contribution in [1.82, 2.24) is 20.9 Å². The number of benzene rings is 1. The van der Waals surface area contributed by atoms with E-state index >= 15 is 0 Å². The summed E-state index contributed by atoms with van der Waals surface area (Å²) >= 11 is 0. The molecule has 2 saturated heterocycles. The van der Waals surface area contributed by atoms with Gasteiger partial charge in [-0.3, -0.25) is 24.1 Å². The monoisotopic (exact) mass is 582 g/mol. The summed E-state index contributed by atoms with van der Waals surface area (Å²) < 4.78 is 16.2. The molecule has 0 spiro atoms. The summed E-state index contributed by atoms with van der Waals surface area (Å²) in [5, 5.41) is 9.44. The van der Waals surface area contributed by atoms with Gasteiger partial charge in [0.25, 0.3) is 0 Å². The number of morpholine rings is 1. The minimum atomic E-state index is -0.966. The lowest BCUT2D eigenvalue weighted by molar-refractivity contribution is -0.134. The van der Waals surface area contributed by atoms with E-state index in [-0.39, 0.29) is 24.7 Å². The third-order valence-electron chi connectivity index (χ3n) is 8.61. The Labute approximate surface area is 246 Å². The molecule has 228 valence electrons. The average Bonchev–Trinajstić information content (AvgIpc) is 3.32. The molecule has 2 aromatic rings. The van der Waals surface area contributed by atoms with E-state index in [0.717, 1.165) is 42.2 Å². The smallest absolute Gasteiger partial charge is 0.243 e. The SMILES string of the molecule is CC(NC(=O)CN1CCOCC1)C(=O)NC(Cc1ccc2occc2c1)C(=O)NC(CC1CCCC1)C(=O)C1(C)CO1. The lowest BCUT2D eigenvalue weighted by Gasteiger charge is -2.27. The van der Waals surface area contributed by atoms with Crippen molar-refractivity contribution >= 4 is 34.5 Å². The summed E-state index contributed by atoms with van der Waals surface area (Å²) in [6.07, 6.45) is 6.66. The number of rotatable bonds is 13. The van der Waals surface area contributed by atoms with Gasteiger partial charge in [-0.2, -0.15) is 0 Å². The summed E-state index contributed by atoms with van der Waals surface area (Å²) in [7, 11) is 0. The van der Waals surface area contributed by atoms with Crippen LogP contribution in [0.25, 0.3) is 11.0 Å². The summed E-state index contributed by atoms with van der Waals surface area (Å²) in [6.45, 7) is 6.31. The molecular weight excluding hydrogens is 540 g/mol. The van der Waals surface area contributed by atoms with E-state index in [1.54, 1.807) is 20.1 Å². The average molecular weight is 583 g/mol. The number of hydrogen-bond acceptors (Lipinski definition) is 8. The van der Waals surface area contributed by atoms with Crippen LogP contribution >= 0.6 is 0 Å². The molecule has 1 aromatic carbocycles. The van der Waals surface area contributed by atoms with Crippen LogP contribution in [-0.4, -0.2) is 91.6 Å². The van der Waals surface area contributed by atoms with Crippen LogP contribution in [0.4, 0.5) is 0 Å². The van der Waals surface area contributed by atoms with E-state index in [2.05, 4.69) is 16.0 Å². The molecule has 5 rings (SSSR count). The molecule has 0 bridgehead atoms. The lowest BCUT2D eigenvalue weighted by Crippen LogP contribution is -2.57. The Hall–Kier alpha value is -3.28. The van der Waals surface area contributed by atoms with Crippen molar-refractivity contribution < 1.29 is 33.1 Å². The largest absolute Gasteiger partial charge is 0.464 e. The van der Waals surface area contributed by atoms with Gasteiger partial charge >= 0.3 is 0 Å². The number of ketones is 1. The van der Waals surface area contributed by atoms with Gasteiger partial charge in [0.05, 0.1) is 38.7 Å². The molecular formula is C31H42N4O7. The van der Waals surface area contributed by atoms with Crippen molar-refractivity contribution in [1.29, 1.82) is 0 Å². The second-order valence-corrected chi connectivity index (χ2v) is 12.1. The van der Waals surface area contributed by atoms with Gasteiger partial charge in [0.15, 0.2) is 5.78 Å². The number of carbonyl (C=O) groups is 4. The minimum Gasteiger partial charge on any atom is -0.464 e. The second-order valence-electron chi connectivity index (χ2n) is 12.1. The van der Waals surface area contributed by atoms with E-state index in [9.17, 15) is 19.2 Å². The number of nitrogens with one attached hydrogen (secondary N) is 3. The predicted molar refractivity (Wildman–Crippen MR) is 155 cm³/mol. The first-order valence-electron chi connectivity index (χ1n) is 15.0. The number of epoxide rings is 1. The summed E-state index contributed by atoms with van der Waals surface area (Å²) in [5.41, 5.74) is 0.672. The maximum atomic E-state index is 13.8. The fourth-order valence-electron chi connectivity index (χ4n) is 5.90. The van der Waals surface area contributed by atoms with Crippen molar-refractivity contribution in [2.24, 2.45) is 5.92 Å². The summed E-state index contributed by atoms with van der Waals surface area (Å²) in [6, 6.07) is 4.91. The predicted octanol–water partition coefficient (Wildman–Crippen LogP) is 1.72. The van der Waals surface area contributed by atoms with Crippen molar-refractivity contribution in [3.63, 3.8) is 0 Å². The molecule has 3 N–H and O–H groups in total. The van der Waals surface area contributed by atoms with E-state index < -0.39 is 35.5 Å². The van der Waals surface area contributed by atoms with E-state index in [4.69, 9.17) is 13.9 Å². The number of amides is 3. The second kappa shape index (κ2) is 13.4. The number of ether oxygens (including phenoxy) is 2. The fourth-order valence-corrected chi connectivity index (χ4v) is 5.90. The van der Waals surface area contributed by atoms with Crippen LogP contribution in [0.3, 0.4) is 0 Å². The number of nitrogens with zero attached hydrogens (tertiary/aromatic N) is 1. The Bertz CT molecular complexity index is 1280. The van der Waals surface area contributed by atoms with Gasteiger partial charge in [-0.1, -0.05) is 31.7 Å². The first kappa shape index (κ1) is 30.2. The Morgan fingerprint density at radius 2 is 1.71 bits per heavy atom. The summed E-state index contributed by atoms with van der Waals surface area (Å²) in [5.74, 6) is -0.962. The highest BCUT2D eigenvalue weighted by Gasteiger charge is 2.50. The Morgan fingerprint density at radius 1 is 1.00 bits per heavy atom. The van der Waals surface area contributed by atoms with Crippen LogP contribution in [0, 0.1) is 5.92 Å². The van der Waals surface area contributed by atoms with Crippen LogP contribution in [0.2, 0.25) is 0 Å². The first-order chi connectivity index (χ1) is 20.2. The molecule has 1 saturated carbocycles. The quantitative estimate of drug-likeness (QED) is 0.303. The van der Waals surface area contributed by atoms with Crippen molar-refractivity contribution in [2.45, 2.75) is 76.1 Å². The van der Waals surface area contributed by atoms with Crippen LogP contribution in [0.5, 0.6) is 0 Å². The lowest BCUT2D eigenvalue weighted by atomic mass is 9.90. The van der Waals surface area contributed by atoms with Crippen LogP contribution in [0.1, 0.15) is 51.5 Å². The molecule has 4 unspecified atom stereocenters. The van der Waals surface area contributed by atoms with Gasteiger partial charge in [-0.25, -0.2) is 0 Å². The van der Waals surface area contributed by atoms with Crippen molar-refractivity contribution in [3.05, 3.63) is 36.1 Å². The maximum absolute atomic E-state index is 13.8. The molecule has 42 heavy (non-hydrogen) atoms. The van der Waals surface area contributed by atoms with Gasteiger partial charge in [-0.15, -0.1) is 0 Å². The van der Waals surface area contributed by atoms with Crippen LogP contribution in [0.15, 0.2) is 34.9 Å². The van der Waals surface area contributed by atoms with Gasteiger partial charge in [-0.05, 0) is 49.9 Å². The van der Waals surface area contributed by atoms with E-state index in [1.807, 2.05) is 29.2 Å². The van der Waals surface area contributed by atoms with Gasteiger partial charge < -0.3 is 29.8 Å². The molecule has 1 aliphatic carbocycles. The van der Waals surface area contributed by atoms with Gasteiger partial charge in [0.1, 0.15) is 23.3 Å². The van der Waals surface area contributed by atoms with Crippen LogP contribution in [-0.2, 0) is 35.1 Å².